The number of thiophene rings is 1. The predicted octanol–water partition coefficient (Wildman–Crippen LogP) is 4.00. The van der Waals surface area contributed by atoms with Gasteiger partial charge in [-0.1, -0.05) is 22.0 Å². The molecule has 1 heterocycles. The van der Waals surface area contributed by atoms with Crippen molar-refractivity contribution in [1.82, 2.24) is 0 Å². The highest BCUT2D eigenvalue weighted by Gasteiger charge is 2.08. The first-order valence-corrected chi connectivity index (χ1v) is 7.67. The van der Waals surface area contributed by atoms with Gasteiger partial charge >= 0.3 is 0 Å². The molecular formula is C14H17BrN2S. The van der Waals surface area contributed by atoms with Crippen LogP contribution in [0.2, 0.25) is 0 Å². The van der Waals surface area contributed by atoms with Crippen molar-refractivity contribution in [3.63, 3.8) is 0 Å². The maximum atomic E-state index is 5.73. The normalized spacial score (nSPS) is 10.6. The Bertz CT molecular complexity index is 497. The summed E-state index contributed by atoms with van der Waals surface area (Å²) in [5, 5.41) is 2.12. The van der Waals surface area contributed by atoms with E-state index in [1.165, 1.54) is 10.6 Å². The van der Waals surface area contributed by atoms with E-state index >= 15 is 0 Å². The summed E-state index contributed by atoms with van der Waals surface area (Å²) in [6, 6.07) is 10.7. The highest BCUT2D eigenvalue weighted by molar-refractivity contribution is 9.10. The second-order valence-electron chi connectivity index (χ2n) is 4.12. The molecule has 2 N–H and O–H groups in total. The van der Waals surface area contributed by atoms with Gasteiger partial charge in [-0.2, -0.15) is 0 Å². The monoisotopic (exact) mass is 324 g/mol. The molecule has 4 heteroatoms. The van der Waals surface area contributed by atoms with Crippen LogP contribution in [-0.2, 0) is 13.1 Å². The predicted molar refractivity (Wildman–Crippen MR) is 83.1 cm³/mol. The van der Waals surface area contributed by atoms with E-state index in [1.54, 1.807) is 11.3 Å². The summed E-state index contributed by atoms with van der Waals surface area (Å²) in [6.07, 6.45) is 0. The van der Waals surface area contributed by atoms with Crippen LogP contribution in [0.3, 0.4) is 0 Å². The summed E-state index contributed by atoms with van der Waals surface area (Å²) in [5.74, 6) is 0. The zero-order chi connectivity index (χ0) is 13.0. The van der Waals surface area contributed by atoms with Crippen LogP contribution >= 0.6 is 27.3 Å². The van der Waals surface area contributed by atoms with Crippen molar-refractivity contribution in [3.8, 4) is 0 Å². The van der Waals surface area contributed by atoms with Gasteiger partial charge in [0.15, 0.2) is 0 Å². The fraction of sp³-hybridized carbons (Fsp3) is 0.286. The SMILES string of the molecule is CCN(Cc1cccs1)c1cc(Br)cc(CN)c1. The molecule has 2 nitrogen and oxygen atoms in total. The van der Waals surface area contributed by atoms with Crippen LogP contribution in [0.4, 0.5) is 5.69 Å². The average Bonchev–Trinajstić information content (AvgIpc) is 2.88. The number of benzene rings is 1. The topological polar surface area (TPSA) is 29.3 Å². The number of nitrogens with two attached hydrogens (primary N) is 1. The molecule has 2 rings (SSSR count). The number of hydrogen-bond donors (Lipinski definition) is 1. The molecule has 1 aromatic carbocycles. The number of hydrogen-bond acceptors (Lipinski definition) is 3. The molecule has 0 fully saturated rings. The van der Waals surface area contributed by atoms with Gasteiger partial charge in [0.25, 0.3) is 0 Å². The Morgan fingerprint density at radius 1 is 1.33 bits per heavy atom. The minimum absolute atomic E-state index is 0.572. The molecule has 0 amide bonds. The van der Waals surface area contributed by atoms with Gasteiger partial charge < -0.3 is 10.6 Å². The Morgan fingerprint density at radius 3 is 2.78 bits per heavy atom. The molecule has 0 spiro atoms. The molecule has 1 aromatic heterocycles. The van der Waals surface area contributed by atoms with Crippen molar-refractivity contribution in [2.75, 3.05) is 11.4 Å². The second-order valence-corrected chi connectivity index (χ2v) is 6.06. The summed E-state index contributed by atoms with van der Waals surface area (Å²) in [7, 11) is 0. The van der Waals surface area contributed by atoms with Crippen molar-refractivity contribution >= 4 is 33.0 Å². The maximum absolute atomic E-state index is 5.73. The quantitative estimate of drug-likeness (QED) is 0.900. The first kappa shape index (κ1) is 13.6. The summed E-state index contributed by atoms with van der Waals surface area (Å²) >= 11 is 5.35. The minimum atomic E-state index is 0.572. The molecule has 2 aromatic rings. The van der Waals surface area contributed by atoms with E-state index in [0.717, 1.165) is 23.1 Å². The summed E-state index contributed by atoms with van der Waals surface area (Å²) in [4.78, 5) is 3.74. The van der Waals surface area contributed by atoms with Gasteiger partial charge in [-0.05, 0) is 42.1 Å². The standard InChI is InChI=1S/C14H17BrN2S/c1-2-17(10-14-4-3-5-18-14)13-7-11(9-16)6-12(15)8-13/h3-8H,2,9-10,16H2,1H3. The van der Waals surface area contributed by atoms with Gasteiger partial charge in [0, 0.05) is 28.1 Å². The number of nitrogens with zero attached hydrogens (tertiary/aromatic N) is 1. The number of halogens is 1. The molecule has 0 bridgehead atoms. The van der Waals surface area contributed by atoms with E-state index < -0.39 is 0 Å². The van der Waals surface area contributed by atoms with Crippen LogP contribution < -0.4 is 10.6 Å². The average molecular weight is 325 g/mol. The largest absolute Gasteiger partial charge is 0.367 e. The van der Waals surface area contributed by atoms with E-state index in [0.29, 0.717) is 6.54 Å². The first-order valence-electron chi connectivity index (χ1n) is 5.99. The van der Waals surface area contributed by atoms with Crippen LogP contribution in [0.5, 0.6) is 0 Å². The lowest BCUT2D eigenvalue weighted by Gasteiger charge is -2.23. The molecule has 0 saturated heterocycles. The molecule has 0 aliphatic heterocycles. The van der Waals surface area contributed by atoms with Gasteiger partial charge in [0.05, 0.1) is 6.54 Å². The Labute approximate surface area is 121 Å². The Kier molecular flexibility index (Phi) is 4.80. The summed E-state index contributed by atoms with van der Waals surface area (Å²) < 4.78 is 1.09. The Hall–Kier alpha value is -0.840. The lowest BCUT2D eigenvalue weighted by Crippen LogP contribution is -2.21. The maximum Gasteiger partial charge on any atom is 0.0522 e. The van der Waals surface area contributed by atoms with Crippen molar-refractivity contribution in [1.29, 1.82) is 0 Å². The number of rotatable bonds is 5. The van der Waals surface area contributed by atoms with Crippen LogP contribution in [0.1, 0.15) is 17.4 Å². The van der Waals surface area contributed by atoms with Crippen LogP contribution in [0.15, 0.2) is 40.2 Å². The molecule has 0 atom stereocenters. The molecule has 96 valence electrons. The first-order chi connectivity index (χ1) is 8.72. The Morgan fingerprint density at radius 2 is 2.17 bits per heavy atom. The fourth-order valence-electron chi connectivity index (χ4n) is 1.91. The molecule has 0 radical (unpaired) electrons. The third-order valence-electron chi connectivity index (χ3n) is 2.85. The third-order valence-corrected chi connectivity index (χ3v) is 4.17. The van der Waals surface area contributed by atoms with E-state index in [4.69, 9.17) is 5.73 Å². The van der Waals surface area contributed by atoms with E-state index in [-0.39, 0.29) is 0 Å². The van der Waals surface area contributed by atoms with Gasteiger partial charge in [0.1, 0.15) is 0 Å². The molecule has 18 heavy (non-hydrogen) atoms. The van der Waals surface area contributed by atoms with Crippen LogP contribution in [0, 0.1) is 0 Å². The number of anilines is 1. The fourth-order valence-corrected chi connectivity index (χ4v) is 3.16. The van der Waals surface area contributed by atoms with E-state index in [9.17, 15) is 0 Å². The highest BCUT2D eigenvalue weighted by atomic mass is 79.9. The van der Waals surface area contributed by atoms with Gasteiger partial charge in [-0.15, -0.1) is 11.3 Å². The van der Waals surface area contributed by atoms with Crippen molar-refractivity contribution in [2.24, 2.45) is 5.73 Å². The third kappa shape index (κ3) is 3.34. The zero-order valence-corrected chi connectivity index (χ0v) is 12.8. The van der Waals surface area contributed by atoms with Crippen molar-refractivity contribution in [2.45, 2.75) is 20.0 Å². The lowest BCUT2D eigenvalue weighted by molar-refractivity contribution is 0.840. The minimum Gasteiger partial charge on any atom is -0.367 e. The van der Waals surface area contributed by atoms with Gasteiger partial charge in [-0.25, -0.2) is 0 Å². The molecule has 0 saturated carbocycles. The Balaban J connectivity index is 2.24. The van der Waals surface area contributed by atoms with Gasteiger partial charge in [-0.3, -0.25) is 0 Å². The van der Waals surface area contributed by atoms with Crippen molar-refractivity contribution in [3.05, 3.63) is 50.6 Å². The highest BCUT2D eigenvalue weighted by Crippen LogP contribution is 2.25. The van der Waals surface area contributed by atoms with Crippen LogP contribution in [-0.4, -0.2) is 6.54 Å². The summed E-state index contributed by atoms with van der Waals surface area (Å²) in [6.45, 7) is 4.69. The van der Waals surface area contributed by atoms with Gasteiger partial charge in [0.2, 0.25) is 0 Å². The van der Waals surface area contributed by atoms with E-state index in [1.807, 2.05) is 0 Å². The smallest absolute Gasteiger partial charge is 0.0522 e. The molecule has 0 aliphatic carbocycles. The summed E-state index contributed by atoms with van der Waals surface area (Å²) in [5.41, 5.74) is 8.11. The molecule has 0 aliphatic rings. The van der Waals surface area contributed by atoms with Crippen molar-refractivity contribution < 1.29 is 0 Å². The molecule has 0 unspecified atom stereocenters. The molecular weight excluding hydrogens is 308 g/mol. The lowest BCUT2D eigenvalue weighted by atomic mass is 10.2. The van der Waals surface area contributed by atoms with E-state index in [2.05, 4.69) is 63.5 Å². The second kappa shape index (κ2) is 6.36. The zero-order valence-electron chi connectivity index (χ0n) is 10.4. The van der Waals surface area contributed by atoms with Crippen LogP contribution in [0.25, 0.3) is 0 Å².